The van der Waals surface area contributed by atoms with Crippen molar-refractivity contribution >= 4 is 23.6 Å². The molecule has 0 bridgehead atoms. The number of nitrogens with zero attached hydrogens (tertiary/aromatic N) is 2. The van der Waals surface area contributed by atoms with Gasteiger partial charge in [0.05, 0.1) is 17.7 Å². The van der Waals surface area contributed by atoms with E-state index in [1.54, 1.807) is 44.3 Å². The fourth-order valence-electron chi connectivity index (χ4n) is 2.75. The first-order chi connectivity index (χ1) is 13.8. The third-order valence-electron chi connectivity index (χ3n) is 4.26. The van der Waals surface area contributed by atoms with E-state index in [0.717, 1.165) is 5.56 Å². The van der Waals surface area contributed by atoms with Gasteiger partial charge in [0.15, 0.2) is 18.1 Å². The van der Waals surface area contributed by atoms with E-state index in [1.807, 2.05) is 0 Å². The Morgan fingerprint density at radius 2 is 2.03 bits per heavy atom. The number of nitro benzene ring substituents is 1. The Labute approximate surface area is 168 Å². The van der Waals surface area contributed by atoms with Gasteiger partial charge in [0.25, 0.3) is 5.69 Å². The van der Waals surface area contributed by atoms with Crippen molar-refractivity contribution in [3.05, 3.63) is 69.3 Å². The van der Waals surface area contributed by atoms with E-state index in [2.05, 4.69) is 11.6 Å². The Kier molecular flexibility index (Phi) is 7.08. The first-order valence-electron chi connectivity index (χ1n) is 8.73. The average Bonchev–Trinajstić information content (AvgIpc) is 2.67. The monoisotopic (exact) mass is 398 g/mol. The SMILES string of the molecule is C=CCc1cc(C=Nc2cc(C)c(C)c([N+](=O)[O-])c2)cc(OC)c1OCC(=O)O. The van der Waals surface area contributed by atoms with E-state index in [0.29, 0.717) is 40.3 Å². The van der Waals surface area contributed by atoms with Gasteiger partial charge in [0.2, 0.25) is 0 Å². The van der Waals surface area contributed by atoms with Crippen LogP contribution in [0.15, 0.2) is 41.9 Å². The van der Waals surface area contributed by atoms with Gasteiger partial charge in [-0.2, -0.15) is 0 Å². The van der Waals surface area contributed by atoms with Crippen LogP contribution in [0.1, 0.15) is 22.3 Å². The summed E-state index contributed by atoms with van der Waals surface area (Å²) in [5.74, 6) is -0.412. The van der Waals surface area contributed by atoms with Crippen LogP contribution in [-0.2, 0) is 11.2 Å². The molecule has 0 spiro atoms. The number of hydrogen-bond acceptors (Lipinski definition) is 6. The highest BCUT2D eigenvalue weighted by Gasteiger charge is 2.15. The van der Waals surface area contributed by atoms with Gasteiger partial charge >= 0.3 is 5.97 Å². The molecule has 8 nitrogen and oxygen atoms in total. The Balaban J connectivity index is 2.45. The lowest BCUT2D eigenvalue weighted by molar-refractivity contribution is -0.385. The molecule has 2 aromatic carbocycles. The van der Waals surface area contributed by atoms with Crippen molar-refractivity contribution in [3.63, 3.8) is 0 Å². The number of carbonyl (C=O) groups is 1. The lowest BCUT2D eigenvalue weighted by Gasteiger charge is -2.14. The number of aryl methyl sites for hydroxylation is 1. The van der Waals surface area contributed by atoms with Crippen LogP contribution in [0, 0.1) is 24.0 Å². The van der Waals surface area contributed by atoms with Gasteiger partial charge in [-0.05, 0) is 49.6 Å². The Morgan fingerprint density at radius 3 is 2.62 bits per heavy atom. The fraction of sp³-hybridized carbons (Fsp3) is 0.238. The van der Waals surface area contributed by atoms with Crippen LogP contribution in [0.5, 0.6) is 11.5 Å². The van der Waals surface area contributed by atoms with Crippen LogP contribution in [0.4, 0.5) is 11.4 Å². The van der Waals surface area contributed by atoms with Gasteiger partial charge in [0, 0.05) is 23.4 Å². The number of carboxylic acid groups (broad SMARTS) is 1. The summed E-state index contributed by atoms with van der Waals surface area (Å²) in [5, 5.41) is 20.1. The standard InChI is InChI=1S/C21H22N2O6/c1-5-6-16-8-15(9-19(28-4)21(16)29-12-20(24)25)11-22-17-7-13(2)14(3)18(10-17)23(26)27/h5,7-11H,1,6,12H2,2-4H3,(H,24,25). The number of methoxy groups -OCH3 is 1. The predicted octanol–water partition coefficient (Wildman–Crippen LogP) is 4.16. The molecular weight excluding hydrogens is 376 g/mol. The van der Waals surface area contributed by atoms with Crippen LogP contribution in [0.3, 0.4) is 0 Å². The highest BCUT2D eigenvalue weighted by Crippen LogP contribution is 2.34. The summed E-state index contributed by atoms with van der Waals surface area (Å²) in [7, 11) is 1.45. The van der Waals surface area contributed by atoms with Gasteiger partial charge in [0.1, 0.15) is 0 Å². The molecule has 0 atom stereocenters. The van der Waals surface area contributed by atoms with Crippen molar-refractivity contribution in [1.29, 1.82) is 0 Å². The molecule has 8 heteroatoms. The average molecular weight is 398 g/mol. The molecule has 0 heterocycles. The molecule has 0 unspecified atom stereocenters. The van der Waals surface area contributed by atoms with E-state index >= 15 is 0 Å². The zero-order valence-corrected chi connectivity index (χ0v) is 16.5. The molecule has 0 aliphatic carbocycles. The number of allylic oxidation sites excluding steroid dienone is 1. The van der Waals surface area contributed by atoms with E-state index in [-0.39, 0.29) is 5.69 Å². The summed E-state index contributed by atoms with van der Waals surface area (Å²) in [6.45, 7) is 6.70. The Bertz CT molecular complexity index is 982. The number of aliphatic imine (C=N–C) groups is 1. The number of benzene rings is 2. The second kappa shape index (κ2) is 9.50. The maximum Gasteiger partial charge on any atom is 0.341 e. The molecule has 2 rings (SSSR count). The molecule has 0 fully saturated rings. The van der Waals surface area contributed by atoms with Gasteiger partial charge in [-0.15, -0.1) is 6.58 Å². The molecule has 0 aliphatic heterocycles. The molecule has 152 valence electrons. The molecule has 2 aromatic rings. The van der Waals surface area contributed by atoms with E-state index in [9.17, 15) is 14.9 Å². The minimum absolute atomic E-state index is 0.0134. The third kappa shape index (κ3) is 5.41. The van der Waals surface area contributed by atoms with Crippen molar-refractivity contribution in [2.24, 2.45) is 4.99 Å². The third-order valence-corrected chi connectivity index (χ3v) is 4.26. The maximum atomic E-state index is 11.2. The number of carboxylic acids is 1. The quantitative estimate of drug-likeness (QED) is 0.294. The van der Waals surface area contributed by atoms with Crippen molar-refractivity contribution in [3.8, 4) is 11.5 Å². The molecule has 0 saturated carbocycles. The van der Waals surface area contributed by atoms with Crippen LogP contribution >= 0.6 is 0 Å². The summed E-state index contributed by atoms with van der Waals surface area (Å²) < 4.78 is 10.7. The number of nitro groups is 1. The van der Waals surface area contributed by atoms with Crippen LogP contribution in [-0.4, -0.2) is 35.9 Å². The highest BCUT2D eigenvalue weighted by atomic mass is 16.6. The van der Waals surface area contributed by atoms with Crippen LogP contribution in [0.25, 0.3) is 0 Å². The summed E-state index contributed by atoms with van der Waals surface area (Å²) >= 11 is 0. The largest absolute Gasteiger partial charge is 0.493 e. The molecule has 0 amide bonds. The minimum Gasteiger partial charge on any atom is -0.493 e. The Morgan fingerprint density at radius 1 is 1.31 bits per heavy atom. The summed E-state index contributed by atoms with van der Waals surface area (Å²) in [6, 6.07) is 6.62. The molecule has 0 saturated heterocycles. The first kappa shape index (κ1) is 21.6. The van der Waals surface area contributed by atoms with Crippen LogP contribution < -0.4 is 9.47 Å². The normalized spacial score (nSPS) is 10.7. The maximum absolute atomic E-state index is 11.2. The lowest BCUT2D eigenvalue weighted by Crippen LogP contribution is -2.11. The second-order valence-corrected chi connectivity index (χ2v) is 6.31. The molecular formula is C21H22N2O6. The smallest absolute Gasteiger partial charge is 0.341 e. The number of rotatable bonds is 9. The molecule has 0 aliphatic rings. The van der Waals surface area contributed by atoms with Crippen molar-refractivity contribution < 1.29 is 24.3 Å². The van der Waals surface area contributed by atoms with Crippen molar-refractivity contribution in [2.45, 2.75) is 20.3 Å². The van der Waals surface area contributed by atoms with E-state index < -0.39 is 17.5 Å². The summed E-state index contributed by atoms with van der Waals surface area (Å²) in [4.78, 5) is 26.0. The van der Waals surface area contributed by atoms with Gasteiger partial charge in [-0.25, -0.2) is 4.79 Å². The zero-order valence-electron chi connectivity index (χ0n) is 16.5. The molecule has 0 radical (unpaired) electrons. The fourth-order valence-corrected chi connectivity index (χ4v) is 2.75. The van der Waals surface area contributed by atoms with Gasteiger partial charge < -0.3 is 14.6 Å². The summed E-state index contributed by atoms with van der Waals surface area (Å²) in [5.41, 5.74) is 3.20. The topological polar surface area (TPSA) is 111 Å². The first-order valence-corrected chi connectivity index (χ1v) is 8.73. The van der Waals surface area contributed by atoms with E-state index in [1.165, 1.54) is 13.2 Å². The number of aliphatic carboxylic acids is 1. The Hall–Kier alpha value is -3.68. The number of hydrogen-bond donors (Lipinski definition) is 1. The molecule has 0 aromatic heterocycles. The lowest BCUT2D eigenvalue weighted by atomic mass is 10.1. The minimum atomic E-state index is -1.10. The predicted molar refractivity (Wildman–Crippen MR) is 110 cm³/mol. The van der Waals surface area contributed by atoms with E-state index in [4.69, 9.17) is 14.6 Å². The number of ether oxygens (including phenoxy) is 2. The van der Waals surface area contributed by atoms with Crippen LogP contribution in [0.2, 0.25) is 0 Å². The van der Waals surface area contributed by atoms with Gasteiger partial charge in [-0.3, -0.25) is 15.1 Å². The zero-order chi connectivity index (χ0) is 21.6. The van der Waals surface area contributed by atoms with Crippen molar-refractivity contribution in [2.75, 3.05) is 13.7 Å². The summed E-state index contributed by atoms with van der Waals surface area (Å²) in [6.07, 6.45) is 3.65. The second-order valence-electron chi connectivity index (χ2n) is 6.31. The highest BCUT2D eigenvalue weighted by molar-refractivity contribution is 5.84. The molecule has 29 heavy (non-hydrogen) atoms. The van der Waals surface area contributed by atoms with Crippen molar-refractivity contribution in [1.82, 2.24) is 0 Å². The van der Waals surface area contributed by atoms with Gasteiger partial charge in [-0.1, -0.05) is 6.08 Å². The molecule has 1 N–H and O–H groups in total.